The molecule has 0 atom stereocenters. The fourth-order valence-electron chi connectivity index (χ4n) is 0.968. The fraction of sp³-hybridized carbons (Fsp3) is 0.125. The van der Waals surface area contributed by atoms with Crippen molar-refractivity contribution in [1.82, 2.24) is 0 Å². The summed E-state index contributed by atoms with van der Waals surface area (Å²) >= 11 is 8.08. The summed E-state index contributed by atoms with van der Waals surface area (Å²) in [5.74, 6) is -0.102. The van der Waals surface area contributed by atoms with Crippen molar-refractivity contribution in [2.45, 2.75) is 0 Å². The molecule has 7 heteroatoms. The molecule has 0 aliphatic carbocycles. The molecule has 1 aromatic carbocycles. The van der Waals surface area contributed by atoms with Gasteiger partial charge in [0.1, 0.15) is 4.47 Å². The van der Waals surface area contributed by atoms with Crippen molar-refractivity contribution in [2.24, 2.45) is 0 Å². The molecule has 0 amide bonds. The lowest BCUT2D eigenvalue weighted by atomic mass is 10.1. The molecule has 0 spiro atoms. The van der Waals surface area contributed by atoms with Gasteiger partial charge in [-0.25, -0.2) is 0 Å². The number of rotatable bonds is 3. The first kappa shape index (κ1) is 13.0. The van der Waals surface area contributed by atoms with Crippen molar-refractivity contribution in [3.8, 4) is 0 Å². The Balaban J connectivity index is 3.33. The van der Waals surface area contributed by atoms with E-state index in [1.165, 1.54) is 12.1 Å². The summed E-state index contributed by atoms with van der Waals surface area (Å²) in [7, 11) is 0. The van der Waals surface area contributed by atoms with Crippen LogP contribution in [-0.4, -0.2) is 16.0 Å². The van der Waals surface area contributed by atoms with Crippen LogP contribution in [0.2, 0.25) is 0 Å². The van der Waals surface area contributed by atoms with Gasteiger partial charge in [-0.2, -0.15) is 0 Å². The van der Waals surface area contributed by atoms with Gasteiger partial charge in [-0.05, 0) is 44.6 Å². The Morgan fingerprint density at radius 3 is 2.60 bits per heavy atom. The van der Waals surface area contributed by atoms with Crippen LogP contribution in [0.25, 0.3) is 0 Å². The van der Waals surface area contributed by atoms with Gasteiger partial charge >= 0.3 is 0 Å². The van der Waals surface area contributed by atoms with E-state index in [9.17, 15) is 14.9 Å². The van der Waals surface area contributed by atoms with Crippen molar-refractivity contribution in [3.63, 3.8) is 0 Å². The van der Waals surface area contributed by atoms with Crippen LogP contribution in [0.15, 0.2) is 16.6 Å². The van der Waals surface area contributed by atoms with Crippen molar-refractivity contribution < 1.29 is 9.72 Å². The number of hydrogen-bond donors (Lipinski definition) is 0. The minimum absolute atomic E-state index is 0.0366. The highest BCUT2D eigenvalue weighted by molar-refractivity contribution is 14.1. The lowest BCUT2D eigenvalue weighted by Gasteiger charge is -2.03. The zero-order valence-corrected chi connectivity index (χ0v) is 12.5. The molecule has 1 aromatic rings. The molecule has 0 saturated carbocycles. The predicted molar refractivity (Wildman–Crippen MR) is 71.6 cm³/mol. The highest BCUT2D eigenvalue weighted by Crippen LogP contribution is 2.32. The average molecular weight is 449 g/mol. The molecule has 1 rings (SSSR count). The molecule has 0 N–H and O–H groups in total. The first-order chi connectivity index (χ1) is 6.99. The van der Waals surface area contributed by atoms with Crippen LogP contribution >= 0.6 is 54.5 Å². The van der Waals surface area contributed by atoms with Gasteiger partial charge in [-0.3, -0.25) is 14.9 Å². The maximum absolute atomic E-state index is 11.4. The number of carbonyl (C=O) groups is 1. The number of nitrogens with zero attached hydrogens (tertiary/aromatic N) is 1. The Labute approximate surface area is 116 Å². The quantitative estimate of drug-likeness (QED) is 0.234. The van der Waals surface area contributed by atoms with Crippen LogP contribution in [0.3, 0.4) is 0 Å². The van der Waals surface area contributed by atoms with Gasteiger partial charge in [-0.15, -0.1) is 0 Å². The molecular formula is C8H4Br2INO3. The molecule has 0 unspecified atom stereocenters. The number of nitro groups is 1. The predicted octanol–water partition coefficient (Wildman–Crippen LogP) is 3.54. The van der Waals surface area contributed by atoms with E-state index in [-0.39, 0.29) is 16.8 Å². The zero-order valence-electron chi connectivity index (χ0n) is 7.17. The third kappa shape index (κ3) is 2.76. The van der Waals surface area contributed by atoms with Crippen LogP contribution in [-0.2, 0) is 0 Å². The summed E-state index contributed by atoms with van der Waals surface area (Å²) in [6.07, 6.45) is 0. The van der Waals surface area contributed by atoms with Crippen LogP contribution < -0.4 is 0 Å². The maximum Gasteiger partial charge on any atom is 0.284 e. The lowest BCUT2D eigenvalue weighted by molar-refractivity contribution is -0.385. The molecule has 0 saturated heterocycles. The van der Waals surface area contributed by atoms with E-state index in [1.807, 2.05) is 22.6 Å². The van der Waals surface area contributed by atoms with E-state index in [1.54, 1.807) is 0 Å². The number of benzene rings is 1. The lowest BCUT2D eigenvalue weighted by Crippen LogP contribution is -2.04. The third-order valence-corrected chi connectivity index (χ3v) is 4.85. The molecule has 15 heavy (non-hydrogen) atoms. The number of Topliss-reactive ketones (excluding diaryl/α,β-unsaturated/α-hetero) is 1. The Kier molecular flexibility index (Phi) is 4.65. The van der Waals surface area contributed by atoms with Gasteiger partial charge in [0.05, 0.1) is 10.3 Å². The Hall–Kier alpha value is -0.0200. The summed E-state index contributed by atoms with van der Waals surface area (Å²) in [5, 5.41) is 10.8. The van der Waals surface area contributed by atoms with E-state index in [0.717, 1.165) is 0 Å². The largest absolute Gasteiger partial charge is 0.293 e. The monoisotopic (exact) mass is 447 g/mol. The van der Waals surface area contributed by atoms with E-state index in [4.69, 9.17) is 0 Å². The standard InChI is InChI=1S/C8H4Br2INO3/c9-3-6(13)4-1-2-5(12(14)15)7(10)8(4)11/h1-2H,3H2. The normalized spacial score (nSPS) is 10.1. The van der Waals surface area contributed by atoms with E-state index in [2.05, 4.69) is 31.9 Å². The van der Waals surface area contributed by atoms with Crippen LogP contribution in [0.1, 0.15) is 10.4 Å². The van der Waals surface area contributed by atoms with E-state index < -0.39 is 4.92 Å². The molecule has 4 nitrogen and oxygen atoms in total. The fourth-order valence-corrected chi connectivity index (χ4v) is 2.52. The highest BCUT2D eigenvalue weighted by atomic mass is 127. The summed E-state index contributed by atoms with van der Waals surface area (Å²) in [5.41, 5.74) is 0.440. The average Bonchev–Trinajstić information content (AvgIpc) is 2.20. The first-order valence-corrected chi connectivity index (χ1v) is 6.70. The molecule has 0 radical (unpaired) electrons. The van der Waals surface area contributed by atoms with Crippen molar-refractivity contribution in [2.75, 3.05) is 5.33 Å². The topological polar surface area (TPSA) is 60.2 Å². The number of hydrogen-bond acceptors (Lipinski definition) is 3. The summed E-state index contributed by atoms with van der Waals surface area (Å²) in [6, 6.07) is 2.79. The van der Waals surface area contributed by atoms with E-state index in [0.29, 0.717) is 13.6 Å². The van der Waals surface area contributed by atoms with E-state index >= 15 is 0 Å². The first-order valence-electron chi connectivity index (χ1n) is 3.70. The van der Waals surface area contributed by atoms with Gasteiger partial charge in [0.15, 0.2) is 5.78 Å². The van der Waals surface area contributed by atoms with Gasteiger partial charge in [-0.1, -0.05) is 15.9 Å². The number of halogens is 3. The maximum atomic E-state index is 11.4. The molecule has 0 aliphatic heterocycles. The third-order valence-electron chi connectivity index (χ3n) is 1.68. The second kappa shape index (κ2) is 5.35. The highest BCUT2D eigenvalue weighted by Gasteiger charge is 2.19. The second-order valence-corrected chi connectivity index (χ2v) is 5.01. The number of carbonyl (C=O) groups excluding carboxylic acids is 1. The minimum Gasteiger partial charge on any atom is -0.293 e. The van der Waals surface area contributed by atoms with Crippen LogP contribution in [0, 0.1) is 13.7 Å². The summed E-state index contributed by atoms with van der Waals surface area (Å²) in [4.78, 5) is 21.5. The number of nitro benzene ring substituents is 1. The molecule has 0 bridgehead atoms. The molecule has 0 aliphatic rings. The van der Waals surface area contributed by atoms with Crippen LogP contribution in [0.4, 0.5) is 5.69 Å². The van der Waals surface area contributed by atoms with Crippen molar-refractivity contribution in [1.29, 1.82) is 0 Å². The molecule has 80 valence electrons. The Morgan fingerprint density at radius 2 is 2.13 bits per heavy atom. The van der Waals surface area contributed by atoms with Gasteiger partial charge in [0.2, 0.25) is 0 Å². The van der Waals surface area contributed by atoms with Crippen molar-refractivity contribution >= 4 is 65.9 Å². The summed E-state index contributed by atoms with van der Waals surface area (Å²) < 4.78 is 0.908. The SMILES string of the molecule is O=C(CBr)c1ccc([N+](=O)[O-])c(Br)c1I. The van der Waals surface area contributed by atoms with Gasteiger partial charge in [0.25, 0.3) is 5.69 Å². The minimum atomic E-state index is -0.491. The smallest absolute Gasteiger partial charge is 0.284 e. The molecule has 0 aromatic heterocycles. The van der Waals surface area contributed by atoms with Crippen LogP contribution in [0.5, 0.6) is 0 Å². The molecular weight excluding hydrogens is 445 g/mol. The summed E-state index contributed by atoms with van der Waals surface area (Å²) in [6.45, 7) is 0. The second-order valence-electron chi connectivity index (χ2n) is 2.57. The van der Waals surface area contributed by atoms with Gasteiger partial charge in [0, 0.05) is 15.2 Å². The Bertz CT molecular complexity index is 436. The van der Waals surface area contributed by atoms with Crippen molar-refractivity contribution in [3.05, 3.63) is 35.9 Å². The molecule has 0 fully saturated rings. The number of alkyl halides is 1. The van der Waals surface area contributed by atoms with Gasteiger partial charge < -0.3 is 0 Å². The Morgan fingerprint density at radius 1 is 1.53 bits per heavy atom. The zero-order chi connectivity index (χ0) is 11.6. The number of ketones is 1. The molecule has 0 heterocycles.